The third-order valence-corrected chi connectivity index (χ3v) is 2.95. The van der Waals surface area contributed by atoms with Crippen molar-refractivity contribution in [3.63, 3.8) is 0 Å². The Morgan fingerprint density at radius 3 is 3.18 bits per heavy atom. The molecule has 0 spiro atoms. The summed E-state index contributed by atoms with van der Waals surface area (Å²) in [6, 6.07) is 5.71. The van der Waals surface area contributed by atoms with Gasteiger partial charge in [-0.1, -0.05) is 6.07 Å². The molecule has 17 heavy (non-hydrogen) atoms. The van der Waals surface area contributed by atoms with Gasteiger partial charge in [-0.15, -0.1) is 11.3 Å². The number of hydrazone groups is 1. The number of amides is 1. The number of aryl methyl sites for hydroxylation is 1. The van der Waals surface area contributed by atoms with Crippen molar-refractivity contribution in [1.29, 1.82) is 0 Å². The van der Waals surface area contributed by atoms with Gasteiger partial charge in [-0.25, -0.2) is 5.43 Å². The van der Waals surface area contributed by atoms with E-state index in [2.05, 4.69) is 15.6 Å². The Morgan fingerprint density at radius 2 is 2.53 bits per heavy atom. The molecule has 0 aliphatic carbocycles. The van der Waals surface area contributed by atoms with Crippen LogP contribution in [-0.2, 0) is 11.3 Å². The molecule has 88 valence electrons. The molecule has 0 unspecified atom stereocenters. The highest BCUT2D eigenvalue weighted by Gasteiger charge is 2.03. The molecule has 5 nitrogen and oxygen atoms in total. The highest BCUT2D eigenvalue weighted by Crippen LogP contribution is 2.04. The molecule has 1 amide bonds. The van der Waals surface area contributed by atoms with Gasteiger partial charge in [0.1, 0.15) is 6.54 Å². The van der Waals surface area contributed by atoms with Gasteiger partial charge in [0.15, 0.2) is 0 Å². The lowest BCUT2D eigenvalue weighted by molar-refractivity contribution is -0.121. The number of hydrogen-bond donors (Lipinski definition) is 1. The van der Waals surface area contributed by atoms with Gasteiger partial charge in [-0.05, 0) is 24.4 Å². The van der Waals surface area contributed by atoms with E-state index in [1.165, 1.54) is 0 Å². The van der Waals surface area contributed by atoms with Crippen LogP contribution in [0.4, 0.5) is 0 Å². The highest BCUT2D eigenvalue weighted by atomic mass is 32.1. The molecule has 0 radical (unpaired) electrons. The average molecular weight is 248 g/mol. The summed E-state index contributed by atoms with van der Waals surface area (Å²) in [6.45, 7) is 2.08. The van der Waals surface area contributed by atoms with E-state index in [1.54, 1.807) is 28.4 Å². The summed E-state index contributed by atoms with van der Waals surface area (Å²) in [7, 11) is 0. The molecule has 1 N–H and O–H groups in total. The van der Waals surface area contributed by atoms with Crippen LogP contribution in [-0.4, -0.2) is 21.9 Å². The van der Waals surface area contributed by atoms with Crippen molar-refractivity contribution in [2.45, 2.75) is 13.5 Å². The first kappa shape index (κ1) is 11.5. The number of rotatable bonds is 4. The number of thiophene rings is 1. The fourth-order valence-electron chi connectivity index (χ4n) is 1.27. The maximum Gasteiger partial charge on any atom is 0.261 e. The summed E-state index contributed by atoms with van der Waals surface area (Å²) in [6.07, 6.45) is 3.29. The van der Waals surface area contributed by atoms with Gasteiger partial charge in [-0.3, -0.25) is 9.48 Å². The molecule has 0 saturated carbocycles. The smallest absolute Gasteiger partial charge is 0.261 e. The van der Waals surface area contributed by atoms with Crippen molar-refractivity contribution >= 4 is 23.5 Å². The molecule has 2 heterocycles. The van der Waals surface area contributed by atoms with Crippen molar-refractivity contribution < 1.29 is 4.79 Å². The topological polar surface area (TPSA) is 59.3 Å². The molecule has 0 atom stereocenters. The SMILES string of the molecule is Cc1ccnn1CC(=O)N/N=C/c1cccs1. The van der Waals surface area contributed by atoms with Crippen molar-refractivity contribution in [1.82, 2.24) is 15.2 Å². The van der Waals surface area contributed by atoms with E-state index in [4.69, 9.17) is 0 Å². The van der Waals surface area contributed by atoms with Crippen LogP contribution in [0, 0.1) is 6.92 Å². The van der Waals surface area contributed by atoms with E-state index in [0.717, 1.165) is 10.6 Å². The largest absolute Gasteiger partial charge is 0.271 e. The minimum atomic E-state index is -0.190. The van der Waals surface area contributed by atoms with E-state index < -0.39 is 0 Å². The maximum atomic E-state index is 11.5. The normalized spacial score (nSPS) is 10.9. The monoisotopic (exact) mass is 248 g/mol. The highest BCUT2D eigenvalue weighted by molar-refractivity contribution is 7.11. The van der Waals surface area contributed by atoms with E-state index >= 15 is 0 Å². The molecule has 2 rings (SSSR count). The molecule has 0 bridgehead atoms. The fraction of sp³-hybridized carbons (Fsp3) is 0.182. The van der Waals surface area contributed by atoms with Crippen molar-refractivity contribution in [2.24, 2.45) is 5.10 Å². The van der Waals surface area contributed by atoms with Crippen LogP contribution in [0.15, 0.2) is 34.9 Å². The molecule has 2 aromatic rings. The van der Waals surface area contributed by atoms with Crippen LogP contribution in [0.1, 0.15) is 10.6 Å². The van der Waals surface area contributed by atoms with Crippen LogP contribution in [0.2, 0.25) is 0 Å². The van der Waals surface area contributed by atoms with Gasteiger partial charge in [0.05, 0.1) is 6.21 Å². The third-order valence-electron chi connectivity index (χ3n) is 2.15. The summed E-state index contributed by atoms with van der Waals surface area (Å²) in [5.74, 6) is -0.190. The average Bonchev–Trinajstić information content (AvgIpc) is 2.92. The second-order valence-corrected chi connectivity index (χ2v) is 4.42. The van der Waals surface area contributed by atoms with Gasteiger partial charge >= 0.3 is 0 Å². The fourth-order valence-corrected chi connectivity index (χ4v) is 1.85. The molecular formula is C11H12N4OS. The van der Waals surface area contributed by atoms with Crippen molar-refractivity contribution in [3.05, 3.63) is 40.3 Å². The lowest BCUT2D eigenvalue weighted by Crippen LogP contribution is -2.24. The van der Waals surface area contributed by atoms with Gasteiger partial charge < -0.3 is 0 Å². The Labute approximate surface area is 103 Å². The second kappa shape index (κ2) is 5.40. The zero-order valence-corrected chi connectivity index (χ0v) is 10.1. The van der Waals surface area contributed by atoms with Crippen molar-refractivity contribution in [3.8, 4) is 0 Å². The van der Waals surface area contributed by atoms with Crippen molar-refractivity contribution in [2.75, 3.05) is 0 Å². The molecule has 0 aliphatic heterocycles. The quantitative estimate of drug-likeness (QED) is 0.657. The van der Waals surface area contributed by atoms with Crippen LogP contribution < -0.4 is 5.43 Å². The first-order valence-corrected chi connectivity index (χ1v) is 5.97. The predicted molar refractivity (Wildman–Crippen MR) is 67.0 cm³/mol. The molecule has 2 aromatic heterocycles. The number of nitrogens with one attached hydrogen (secondary N) is 1. The Bertz CT molecular complexity index is 515. The zero-order chi connectivity index (χ0) is 12.1. The molecule has 0 fully saturated rings. The number of carbonyl (C=O) groups is 1. The minimum Gasteiger partial charge on any atom is -0.271 e. The van der Waals surface area contributed by atoms with Crippen LogP contribution in [0.25, 0.3) is 0 Å². The number of aromatic nitrogens is 2. The Balaban J connectivity index is 1.84. The van der Waals surface area contributed by atoms with E-state index in [-0.39, 0.29) is 12.5 Å². The number of nitrogens with zero attached hydrogens (tertiary/aromatic N) is 3. The summed E-state index contributed by atoms with van der Waals surface area (Å²) in [5.41, 5.74) is 3.41. The Morgan fingerprint density at radius 1 is 1.65 bits per heavy atom. The first-order valence-electron chi connectivity index (χ1n) is 5.09. The summed E-state index contributed by atoms with van der Waals surface area (Å²) >= 11 is 1.56. The second-order valence-electron chi connectivity index (χ2n) is 3.44. The lowest BCUT2D eigenvalue weighted by Gasteiger charge is -2.02. The Kier molecular flexibility index (Phi) is 3.66. The van der Waals surface area contributed by atoms with E-state index in [0.29, 0.717) is 0 Å². The minimum absolute atomic E-state index is 0.181. The third kappa shape index (κ3) is 3.25. The van der Waals surface area contributed by atoms with Crippen LogP contribution >= 0.6 is 11.3 Å². The summed E-state index contributed by atoms with van der Waals surface area (Å²) < 4.78 is 1.62. The molecule has 0 aliphatic rings. The number of carbonyl (C=O) groups excluding carboxylic acids is 1. The molecule has 0 saturated heterocycles. The molecular weight excluding hydrogens is 236 g/mol. The summed E-state index contributed by atoms with van der Waals surface area (Å²) in [4.78, 5) is 12.5. The van der Waals surface area contributed by atoms with Gasteiger partial charge in [0, 0.05) is 16.8 Å². The lowest BCUT2D eigenvalue weighted by atomic mass is 10.5. The molecule has 6 heteroatoms. The van der Waals surface area contributed by atoms with E-state index in [9.17, 15) is 4.79 Å². The number of hydrogen-bond acceptors (Lipinski definition) is 4. The van der Waals surface area contributed by atoms with Crippen LogP contribution in [0.5, 0.6) is 0 Å². The summed E-state index contributed by atoms with van der Waals surface area (Å²) in [5, 5.41) is 9.84. The van der Waals surface area contributed by atoms with Gasteiger partial charge in [0.25, 0.3) is 5.91 Å². The van der Waals surface area contributed by atoms with Gasteiger partial charge in [-0.2, -0.15) is 10.2 Å². The maximum absolute atomic E-state index is 11.5. The molecule has 0 aromatic carbocycles. The predicted octanol–water partition coefficient (Wildman–Crippen LogP) is 1.40. The Hall–Kier alpha value is -1.95. The van der Waals surface area contributed by atoms with E-state index in [1.807, 2.05) is 30.5 Å². The van der Waals surface area contributed by atoms with Gasteiger partial charge in [0.2, 0.25) is 0 Å². The standard InChI is InChI=1S/C11H12N4OS/c1-9-4-5-13-15(9)8-11(16)14-12-7-10-3-2-6-17-10/h2-7H,8H2,1H3,(H,14,16)/b12-7+. The zero-order valence-electron chi connectivity index (χ0n) is 9.33. The first-order chi connectivity index (χ1) is 8.25. The van der Waals surface area contributed by atoms with Crippen LogP contribution in [0.3, 0.4) is 0 Å².